The predicted octanol–water partition coefficient (Wildman–Crippen LogP) is 1.58. The smallest absolute Gasteiger partial charge is 0.330 e. The average Bonchev–Trinajstić information content (AvgIpc) is 2.82. The lowest BCUT2D eigenvalue weighted by atomic mass is 9.67. The van der Waals surface area contributed by atoms with Crippen LogP contribution in [0.3, 0.4) is 0 Å². The number of amides is 4. The van der Waals surface area contributed by atoms with Gasteiger partial charge >= 0.3 is 6.03 Å². The van der Waals surface area contributed by atoms with E-state index < -0.39 is 34.2 Å². The second kappa shape index (κ2) is 8.21. The van der Waals surface area contributed by atoms with Gasteiger partial charge in [-0.2, -0.15) is 0 Å². The van der Waals surface area contributed by atoms with E-state index in [2.05, 4.69) is 10.2 Å². The number of imide groups is 2. The van der Waals surface area contributed by atoms with Crippen molar-refractivity contribution < 1.29 is 19.3 Å². The van der Waals surface area contributed by atoms with Gasteiger partial charge in [-0.15, -0.1) is 0 Å². The molecule has 3 aliphatic heterocycles. The number of nitro groups is 1. The van der Waals surface area contributed by atoms with Crippen molar-refractivity contribution in [1.82, 2.24) is 15.1 Å². The molecule has 0 aliphatic carbocycles. The van der Waals surface area contributed by atoms with E-state index in [-0.39, 0.29) is 18.7 Å². The fraction of sp³-hybridized carbons (Fsp3) is 0.375. The standard InChI is InChI=1S/C24H25N5O5/c1-26-11-12-27-19-8-7-18(29(33)34)13-17(19)14-24(20(27)15-26)21(30)25-23(32)28(22(24)31)10-9-16-5-3-2-4-6-16/h2-8,13,20H,9-12,14-15H2,1H3,(H,25,30,32). The van der Waals surface area contributed by atoms with Crippen LogP contribution in [0.1, 0.15) is 11.1 Å². The van der Waals surface area contributed by atoms with Gasteiger partial charge < -0.3 is 9.80 Å². The summed E-state index contributed by atoms with van der Waals surface area (Å²) in [6, 6.07) is 12.9. The van der Waals surface area contributed by atoms with E-state index in [9.17, 15) is 24.5 Å². The number of carbonyl (C=O) groups excluding carboxylic acids is 3. The highest BCUT2D eigenvalue weighted by molar-refractivity contribution is 6.20. The second-order valence-electron chi connectivity index (χ2n) is 9.14. The lowest BCUT2D eigenvalue weighted by molar-refractivity contribution is -0.384. The maximum absolute atomic E-state index is 14.0. The molecular weight excluding hydrogens is 438 g/mol. The maximum atomic E-state index is 14.0. The Labute approximate surface area is 196 Å². The number of likely N-dealkylation sites (N-methyl/N-ethyl adjacent to an activating group) is 1. The summed E-state index contributed by atoms with van der Waals surface area (Å²) in [5, 5.41) is 13.8. The first-order valence-corrected chi connectivity index (χ1v) is 11.2. The fourth-order valence-electron chi connectivity index (χ4n) is 5.40. The summed E-state index contributed by atoms with van der Waals surface area (Å²) in [4.78, 5) is 56.3. The van der Waals surface area contributed by atoms with E-state index in [1.165, 1.54) is 12.1 Å². The molecule has 2 aromatic carbocycles. The molecule has 2 saturated heterocycles. The Morgan fingerprint density at radius 1 is 1.12 bits per heavy atom. The van der Waals surface area contributed by atoms with Crippen molar-refractivity contribution in [3.63, 3.8) is 0 Å². The Morgan fingerprint density at radius 2 is 1.88 bits per heavy atom. The molecule has 5 rings (SSSR count). The second-order valence-corrected chi connectivity index (χ2v) is 9.14. The molecule has 176 valence electrons. The number of urea groups is 1. The van der Waals surface area contributed by atoms with Gasteiger partial charge in [0.15, 0.2) is 5.41 Å². The molecule has 2 atom stereocenters. The zero-order valence-corrected chi connectivity index (χ0v) is 18.8. The minimum atomic E-state index is -1.55. The monoisotopic (exact) mass is 463 g/mol. The number of hydrogen-bond acceptors (Lipinski definition) is 7. The van der Waals surface area contributed by atoms with Gasteiger partial charge in [-0.05, 0) is 30.7 Å². The number of benzene rings is 2. The molecule has 3 heterocycles. The number of nitro benzene ring substituents is 1. The Kier molecular flexibility index (Phi) is 5.32. The SMILES string of the molecule is CN1CCN2c3ccc([N+](=O)[O-])cc3CC3(C(=O)NC(=O)N(CCc4ccccc4)C3=O)C2C1. The number of fused-ring (bicyclic) bond motifs is 4. The highest BCUT2D eigenvalue weighted by atomic mass is 16.6. The summed E-state index contributed by atoms with van der Waals surface area (Å²) in [5.74, 6) is -1.18. The molecule has 0 bridgehead atoms. The zero-order valence-electron chi connectivity index (χ0n) is 18.8. The summed E-state index contributed by atoms with van der Waals surface area (Å²) in [6.07, 6.45) is 0.458. The highest BCUT2D eigenvalue weighted by Gasteiger charge is 2.62. The van der Waals surface area contributed by atoms with Crippen LogP contribution in [0.5, 0.6) is 0 Å². The number of non-ortho nitro benzene ring substituents is 1. The summed E-state index contributed by atoms with van der Waals surface area (Å²) >= 11 is 0. The Morgan fingerprint density at radius 3 is 2.62 bits per heavy atom. The van der Waals surface area contributed by atoms with E-state index >= 15 is 0 Å². The Hall–Kier alpha value is -3.79. The molecule has 1 spiro atoms. The van der Waals surface area contributed by atoms with Gasteiger partial charge in [0.05, 0.1) is 11.0 Å². The molecule has 2 aromatic rings. The quantitative estimate of drug-likeness (QED) is 0.416. The van der Waals surface area contributed by atoms with Crippen LogP contribution in [0.15, 0.2) is 48.5 Å². The van der Waals surface area contributed by atoms with Crippen molar-refractivity contribution in [3.8, 4) is 0 Å². The maximum Gasteiger partial charge on any atom is 0.330 e. The van der Waals surface area contributed by atoms with Gasteiger partial charge in [0.2, 0.25) is 11.8 Å². The Bertz CT molecular complexity index is 1190. The zero-order chi connectivity index (χ0) is 24.0. The van der Waals surface area contributed by atoms with E-state index in [0.717, 1.165) is 22.7 Å². The van der Waals surface area contributed by atoms with Crippen molar-refractivity contribution >= 4 is 29.2 Å². The Balaban J connectivity index is 1.56. The number of rotatable bonds is 4. The number of nitrogens with one attached hydrogen (secondary N) is 1. The molecule has 2 unspecified atom stereocenters. The number of barbiturate groups is 1. The first kappa shape index (κ1) is 22.0. The van der Waals surface area contributed by atoms with Gasteiger partial charge in [-0.25, -0.2) is 4.79 Å². The normalized spacial score (nSPS) is 24.6. The van der Waals surface area contributed by atoms with Crippen LogP contribution in [0.2, 0.25) is 0 Å². The molecule has 4 amide bonds. The van der Waals surface area contributed by atoms with Crippen molar-refractivity contribution in [2.45, 2.75) is 18.9 Å². The lowest BCUT2D eigenvalue weighted by Gasteiger charge is -2.55. The van der Waals surface area contributed by atoms with Crippen molar-refractivity contribution in [3.05, 3.63) is 69.8 Å². The number of anilines is 1. The number of piperazine rings is 1. The predicted molar refractivity (Wildman–Crippen MR) is 123 cm³/mol. The number of nitrogens with zero attached hydrogens (tertiary/aromatic N) is 4. The first-order valence-electron chi connectivity index (χ1n) is 11.2. The van der Waals surface area contributed by atoms with Gasteiger partial charge in [0.1, 0.15) is 0 Å². The van der Waals surface area contributed by atoms with E-state index in [0.29, 0.717) is 25.1 Å². The number of hydrogen-bond donors (Lipinski definition) is 1. The van der Waals surface area contributed by atoms with Gasteiger partial charge in [-0.1, -0.05) is 30.3 Å². The molecule has 0 saturated carbocycles. The molecule has 3 aliphatic rings. The van der Waals surface area contributed by atoms with Gasteiger partial charge in [0.25, 0.3) is 5.69 Å². The van der Waals surface area contributed by atoms with Crippen LogP contribution in [0.4, 0.5) is 16.2 Å². The summed E-state index contributed by atoms with van der Waals surface area (Å²) in [5.41, 5.74) is 0.681. The molecule has 2 fully saturated rings. The van der Waals surface area contributed by atoms with Crippen molar-refractivity contribution in [2.24, 2.45) is 5.41 Å². The minimum absolute atomic E-state index is 0.00119. The van der Waals surface area contributed by atoms with Crippen LogP contribution >= 0.6 is 0 Å². The third kappa shape index (κ3) is 3.41. The molecule has 10 heteroatoms. The fourth-order valence-corrected chi connectivity index (χ4v) is 5.40. The summed E-state index contributed by atoms with van der Waals surface area (Å²) < 4.78 is 0. The molecular formula is C24H25N5O5. The van der Waals surface area contributed by atoms with Gasteiger partial charge in [-0.3, -0.25) is 29.9 Å². The van der Waals surface area contributed by atoms with Crippen molar-refractivity contribution in [1.29, 1.82) is 0 Å². The van der Waals surface area contributed by atoms with E-state index in [1.807, 2.05) is 42.3 Å². The van der Waals surface area contributed by atoms with Crippen LogP contribution in [0, 0.1) is 15.5 Å². The molecule has 0 aromatic heterocycles. The van der Waals surface area contributed by atoms with Crippen LogP contribution in [-0.2, 0) is 22.4 Å². The third-order valence-corrected chi connectivity index (χ3v) is 7.17. The van der Waals surface area contributed by atoms with E-state index in [4.69, 9.17) is 0 Å². The first-order chi connectivity index (χ1) is 16.3. The van der Waals surface area contributed by atoms with E-state index in [1.54, 1.807) is 6.07 Å². The van der Waals surface area contributed by atoms with Crippen LogP contribution in [-0.4, -0.2) is 71.8 Å². The van der Waals surface area contributed by atoms with Crippen LogP contribution in [0.25, 0.3) is 0 Å². The van der Waals surface area contributed by atoms with Crippen molar-refractivity contribution in [2.75, 3.05) is 38.1 Å². The highest BCUT2D eigenvalue weighted by Crippen LogP contribution is 2.46. The minimum Gasteiger partial charge on any atom is -0.364 e. The average molecular weight is 463 g/mol. The lowest BCUT2D eigenvalue weighted by Crippen LogP contribution is -2.75. The third-order valence-electron chi connectivity index (χ3n) is 7.17. The topological polar surface area (TPSA) is 116 Å². The molecule has 0 radical (unpaired) electrons. The van der Waals surface area contributed by atoms with Crippen LogP contribution < -0.4 is 10.2 Å². The summed E-state index contributed by atoms with van der Waals surface area (Å²) in [7, 11) is 1.93. The number of carbonyl (C=O) groups is 3. The summed E-state index contributed by atoms with van der Waals surface area (Å²) in [6.45, 7) is 1.87. The van der Waals surface area contributed by atoms with Gasteiger partial charge in [0, 0.05) is 50.4 Å². The largest absolute Gasteiger partial charge is 0.364 e. The molecule has 1 N–H and O–H groups in total. The molecule has 10 nitrogen and oxygen atoms in total. The molecule has 34 heavy (non-hydrogen) atoms.